The summed E-state index contributed by atoms with van der Waals surface area (Å²) in [7, 11) is 1.83. The molecule has 2 aromatic rings. The van der Waals surface area contributed by atoms with E-state index in [2.05, 4.69) is 27.8 Å². The van der Waals surface area contributed by atoms with E-state index in [0.29, 0.717) is 0 Å². The zero-order valence-electron chi connectivity index (χ0n) is 14.1. The maximum Gasteiger partial charge on any atom is 0.259 e. The van der Waals surface area contributed by atoms with Gasteiger partial charge in [-0.1, -0.05) is 0 Å². The summed E-state index contributed by atoms with van der Waals surface area (Å²) in [6, 6.07) is 2.28. The molecule has 2 aromatic heterocycles. The molecule has 0 saturated carbocycles. The molecule has 3 heterocycles. The van der Waals surface area contributed by atoms with Gasteiger partial charge in [0.2, 0.25) is 0 Å². The van der Waals surface area contributed by atoms with Gasteiger partial charge < -0.3 is 10.2 Å². The van der Waals surface area contributed by atoms with Gasteiger partial charge in [-0.3, -0.25) is 9.48 Å². The van der Waals surface area contributed by atoms with E-state index >= 15 is 0 Å². The van der Waals surface area contributed by atoms with Crippen molar-refractivity contribution >= 4 is 22.4 Å². The van der Waals surface area contributed by atoms with E-state index in [1.165, 1.54) is 11.5 Å². The van der Waals surface area contributed by atoms with Crippen LogP contribution in [0.4, 0.5) is 5.00 Å². The minimum absolute atomic E-state index is 0.0876. The minimum atomic E-state index is 0.0876. The average Bonchev–Trinajstić information content (AvgIpc) is 3.19. The summed E-state index contributed by atoms with van der Waals surface area (Å²) >= 11 is 1.35. The van der Waals surface area contributed by atoms with Crippen LogP contribution in [0.25, 0.3) is 0 Å². The highest BCUT2D eigenvalue weighted by Crippen LogP contribution is 2.29. The Balaban J connectivity index is 1.82. The van der Waals surface area contributed by atoms with Crippen molar-refractivity contribution in [1.82, 2.24) is 19.1 Å². The Bertz CT molecular complexity index is 720. The van der Waals surface area contributed by atoms with Crippen molar-refractivity contribution < 1.29 is 4.79 Å². The summed E-state index contributed by atoms with van der Waals surface area (Å²) in [5.74, 6) is 0.0876. The van der Waals surface area contributed by atoms with E-state index in [0.717, 1.165) is 53.6 Å². The van der Waals surface area contributed by atoms with Gasteiger partial charge >= 0.3 is 0 Å². The summed E-state index contributed by atoms with van der Waals surface area (Å²) in [5.41, 5.74) is 3.69. The molecular formula is C16H23N5OS. The number of nitrogens with one attached hydrogen (secondary N) is 1. The Morgan fingerprint density at radius 2 is 2.22 bits per heavy atom. The molecular weight excluding hydrogens is 310 g/mol. The van der Waals surface area contributed by atoms with Crippen molar-refractivity contribution in [2.75, 3.05) is 18.9 Å². The third kappa shape index (κ3) is 2.97. The number of rotatable bonds is 4. The molecule has 0 unspecified atom stereocenters. The first-order valence-electron chi connectivity index (χ1n) is 7.97. The number of aryl methyl sites for hydroxylation is 3. The fourth-order valence-corrected chi connectivity index (χ4v) is 4.03. The van der Waals surface area contributed by atoms with Gasteiger partial charge in [-0.05, 0) is 51.2 Å². The molecule has 3 rings (SSSR count). The maximum absolute atomic E-state index is 13.0. The van der Waals surface area contributed by atoms with E-state index < -0.39 is 0 Å². The number of likely N-dealkylation sites (tertiary alicyclic amines) is 1. The third-order valence-corrected chi connectivity index (χ3v) is 5.38. The summed E-state index contributed by atoms with van der Waals surface area (Å²) in [5, 5.41) is 8.48. The Morgan fingerprint density at radius 3 is 2.87 bits per heavy atom. The van der Waals surface area contributed by atoms with Crippen LogP contribution in [0.2, 0.25) is 0 Å². The fraction of sp³-hybridized carbons (Fsp3) is 0.562. The predicted octanol–water partition coefficient (Wildman–Crippen LogP) is 2.61. The molecule has 6 nitrogen and oxygen atoms in total. The Kier molecular flexibility index (Phi) is 4.39. The molecule has 0 bridgehead atoms. The van der Waals surface area contributed by atoms with Gasteiger partial charge in [0.1, 0.15) is 5.00 Å². The number of hydrogen-bond donors (Lipinski definition) is 1. The molecule has 0 aliphatic carbocycles. The zero-order chi connectivity index (χ0) is 16.6. The van der Waals surface area contributed by atoms with Crippen LogP contribution in [0.3, 0.4) is 0 Å². The van der Waals surface area contributed by atoms with Crippen LogP contribution in [-0.4, -0.2) is 44.6 Å². The van der Waals surface area contributed by atoms with Crippen LogP contribution in [-0.2, 0) is 6.54 Å². The number of anilines is 1. The average molecular weight is 333 g/mol. The van der Waals surface area contributed by atoms with Gasteiger partial charge in [0.05, 0.1) is 29.5 Å². The Morgan fingerprint density at radius 1 is 1.43 bits per heavy atom. The Labute approximate surface area is 140 Å². The lowest BCUT2D eigenvalue weighted by Crippen LogP contribution is -2.38. The van der Waals surface area contributed by atoms with Crippen molar-refractivity contribution in [2.24, 2.45) is 0 Å². The van der Waals surface area contributed by atoms with E-state index in [-0.39, 0.29) is 11.9 Å². The molecule has 1 fully saturated rings. The number of carbonyl (C=O) groups excluding carboxylic acids is 1. The predicted molar refractivity (Wildman–Crippen MR) is 92.2 cm³/mol. The second-order valence-electron chi connectivity index (χ2n) is 6.13. The lowest BCUT2D eigenvalue weighted by molar-refractivity contribution is 0.0721. The fourth-order valence-electron chi connectivity index (χ4n) is 3.29. The number of aromatic nitrogens is 3. The number of hydrogen-bond acceptors (Lipinski definition) is 5. The molecule has 0 radical (unpaired) electrons. The molecule has 124 valence electrons. The van der Waals surface area contributed by atoms with Crippen LogP contribution >= 0.6 is 11.5 Å². The molecule has 1 saturated heterocycles. The molecule has 0 aromatic carbocycles. The summed E-state index contributed by atoms with van der Waals surface area (Å²) in [6.45, 7) is 7.53. The lowest BCUT2D eigenvalue weighted by atomic mass is 10.1. The molecule has 0 spiro atoms. The van der Waals surface area contributed by atoms with Crippen molar-refractivity contribution in [3.8, 4) is 0 Å². The van der Waals surface area contributed by atoms with E-state index in [1.807, 2.05) is 30.5 Å². The van der Waals surface area contributed by atoms with Crippen molar-refractivity contribution in [2.45, 2.75) is 46.2 Å². The third-order valence-electron chi connectivity index (χ3n) is 4.43. The first kappa shape index (κ1) is 16.0. The van der Waals surface area contributed by atoms with Crippen LogP contribution in [0.15, 0.2) is 6.07 Å². The van der Waals surface area contributed by atoms with E-state index in [9.17, 15) is 4.79 Å². The van der Waals surface area contributed by atoms with Gasteiger partial charge in [0.15, 0.2) is 0 Å². The summed E-state index contributed by atoms with van der Waals surface area (Å²) < 4.78 is 6.34. The maximum atomic E-state index is 13.0. The van der Waals surface area contributed by atoms with Crippen LogP contribution in [0.1, 0.15) is 40.3 Å². The number of carbonyl (C=O) groups is 1. The molecule has 1 atom stereocenters. The van der Waals surface area contributed by atoms with Crippen LogP contribution < -0.4 is 5.32 Å². The first-order valence-corrected chi connectivity index (χ1v) is 8.74. The van der Waals surface area contributed by atoms with E-state index in [1.54, 1.807) is 0 Å². The molecule has 23 heavy (non-hydrogen) atoms. The molecule has 1 aliphatic rings. The minimum Gasteiger partial charge on any atom is -0.378 e. The molecule has 1 N–H and O–H groups in total. The van der Waals surface area contributed by atoms with Gasteiger partial charge in [-0.25, -0.2) is 0 Å². The topological polar surface area (TPSA) is 63.1 Å². The summed E-state index contributed by atoms with van der Waals surface area (Å²) in [6.07, 6.45) is 2.07. The van der Waals surface area contributed by atoms with Crippen LogP contribution in [0, 0.1) is 20.8 Å². The smallest absolute Gasteiger partial charge is 0.259 e. The van der Waals surface area contributed by atoms with Crippen molar-refractivity contribution in [3.63, 3.8) is 0 Å². The van der Waals surface area contributed by atoms with Crippen molar-refractivity contribution in [1.29, 1.82) is 0 Å². The molecule has 1 aliphatic heterocycles. The largest absolute Gasteiger partial charge is 0.378 e. The number of amides is 1. The summed E-state index contributed by atoms with van der Waals surface area (Å²) in [4.78, 5) is 15.0. The highest BCUT2D eigenvalue weighted by molar-refractivity contribution is 7.10. The SMILES string of the molecule is CNc1snc(C)c1C(=O)N1CCC[C@H]1Cn1nc(C)cc1C. The normalized spacial score (nSPS) is 17.7. The Hall–Kier alpha value is -1.89. The highest BCUT2D eigenvalue weighted by atomic mass is 32.1. The highest BCUT2D eigenvalue weighted by Gasteiger charge is 2.33. The molecule has 1 amide bonds. The second-order valence-corrected chi connectivity index (χ2v) is 6.90. The number of nitrogens with zero attached hydrogens (tertiary/aromatic N) is 4. The second kappa shape index (κ2) is 6.31. The zero-order valence-corrected chi connectivity index (χ0v) is 14.9. The van der Waals surface area contributed by atoms with Crippen LogP contribution in [0.5, 0.6) is 0 Å². The molecule has 7 heteroatoms. The van der Waals surface area contributed by atoms with Gasteiger partial charge in [0, 0.05) is 19.3 Å². The van der Waals surface area contributed by atoms with Gasteiger partial charge in [0.25, 0.3) is 5.91 Å². The standard InChI is InChI=1S/C16H23N5OS/c1-10-8-11(2)21(18-10)9-13-6-5-7-20(13)16(22)14-12(3)19-23-15(14)17-4/h8,13,17H,5-7,9H2,1-4H3/t13-/m0/s1. The lowest BCUT2D eigenvalue weighted by Gasteiger charge is -2.25. The van der Waals surface area contributed by atoms with E-state index in [4.69, 9.17) is 0 Å². The van der Waals surface area contributed by atoms with Gasteiger partial charge in [-0.2, -0.15) is 9.47 Å². The first-order chi connectivity index (χ1) is 11.0. The quantitative estimate of drug-likeness (QED) is 0.934. The van der Waals surface area contributed by atoms with Crippen molar-refractivity contribution in [3.05, 3.63) is 28.7 Å². The van der Waals surface area contributed by atoms with Gasteiger partial charge in [-0.15, -0.1) is 0 Å². The monoisotopic (exact) mass is 333 g/mol.